The van der Waals surface area contributed by atoms with E-state index < -0.39 is 4.92 Å². The molecular weight excluding hydrogens is 274 g/mol. The second kappa shape index (κ2) is 6.21. The Labute approximate surface area is 115 Å². The van der Waals surface area contributed by atoms with Crippen molar-refractivity contribution < 1.29 is 14.4 Å². The molecule has 1 unspecified atom stereocenters. The highest BCUT2D eigenvalue weighted by Gasteiger charge is 2.32. The van der Waals surface area contributed by atoms with E-state index in [1.165, 1.54) is 4.68 Å². The fourth-order valence-electron chi connectivity index (χ4n) is 1.91. The van der Waals surface area contributed by atoms with Crippen molar-refractivity contribution in [3.63, 3.8) is 0 Å². The van der Waals surface area contributed by atoms with Crippen molar-refractivity contribution in [1.82, 2.24) is 9.78 Å². The average molecular weight is 290 g/mol. The lowest BCUT2D eigenvalue weighted by Crippen LogP contribution is -2.10. The molecule has 1 saturated heterocycles. The Bertz CT molecular complexity index is 457. The van der Waals surface area contributed by atoms with Crippen molar-refractivity contribution in [2.45, 2.75) is 32.2 Å². The molecule has 0 N–H and O–H groups in total. The second-order valence-corrected chi connectivity index (χ2v) is 4.72. The van der Waals surface area contributed by atoms with E-state index in [0.29, 0.717) is 19.8 Å². The molecule has 7 nitrogen and oxygen atoms in total. The van der Waals surface area contributed by atoms with Crippen LogP contribution < -0.4 is 4.74 Å². The van der Waals surface area contributed by atoms with Gasteiger partial charge in [-0.25, -0.2) is 4.68 Å². The first kappa shape index (κ1) is 14.1. The number of rotatable bonds is 6. The largest absolute Gasteiger partial charge is 0.472 e. The van der Waals surface area contributed by atoms with Crippen molar-refractivity contribution in [3.8, 4) is 5.88 Å². The van der Waals surface area contributed by atoms with E-state index >= 15 is 0 Å². The van der Waals surface area contributed by atoms with Gasteiger partial charge >= 0.3 is 11.6 Å². The molecule has 0 spiro atoms. The van der Waals surface area contributed by atoms with E-state index in [2.05, 4.69) is 5.10 Å². The van der Waals surface area contributed by atoms with Crippen LogP contribution in [0.2, 0.25) is 5.15 Å². The lowest BCUT2D eigenvalue weighted by atomic mass is 10.3. The maximum Gasteiger partial charge on any atom is 0.368 e. The molecule has 2 rings (SSSR count). The summed E-state index contributed by atoms with van der Waals surface area (Å²) in [6, 6.07) is -0.0604. The van der Waals surface area contributed by atoms with Crippen LogP contribution in [-0.4, -0.2) is 34.5 Å². The summed E-state index contributed by atoms with van der Waals surface area (Å²) in [6.07, 6.45) is 2.50. The minimum atomic E-state index is -0.553. The van der Waals surface area contributed by atoms with Crippen LogP contribution in [0.5, 0.6) is 5.88 Å². The van der Waals surface area contributed by atoms with Crippen molar-refractivity contribution >= 4 is 17.3 Å². The number of nitrogens with zero attached hydrogens (tertiary/aromatic N) is 3. The van der Waals surface area contributed by atoms with Gasteiger partial charge in [0.15, 0.2) is 0 Å². The summed E-state index contributed by atoms with van der Waals surface area (Å²) >= 11 is 6.04. The maximum absolute atomic E-state index is 11.1. The Hall–Kier alpha value is -1.34. The number of ether oxygens (including phenoxy) is 2. The van der Waals surface area contributed by atoms with Crippen molar-refractivity contribution in [1.29, 1.82) is 0 Å². The van der Waals surface area contributed by atoms with Crippen molar-refractivity contribution in [2.24, 2.45) is 0 Å². The Kier molecular flexibility index (Phi) is 4.60. The van der Waals surface area contributed by atoms with Gasteiger partial charge in [-0.2, -0.15) is 0 Å². The molecule has 106 valence electrons. The predicted octanol–water partition coefficient (Wildman–Crippen LogP) is 2.59. The van der Waals surface area contributed by atoms with Gasteiger partial charge in [-0.1, -0.05) is 24.9 Å². The Balaban J connectivity index is 2.25. The van der Waals surface area contributed by atoms with Gasteiger partial charge < -0.3 is 9.47 Å². The molecule has 0 amide bonds. The summed E-state index contributed by atoms with van der Waals surface area (Å²) in [7, 11) is 0. The van der Waals surface area contributed by atoms with Gasteiger partial charge in [0.2, 0.25) is 5.15 Å². The van der Waals surface area contributed by atoms with Gasteiger partial charge in [0.25, 0.3) is 0 Å². The normalized spacial score (nSPS) is 18.7. The van der Waals surface area contributed by atoms with Crippen LogP contribution in [0, 0.1) is 10.1 Å². The Morgan fingerprint density at radius 1 is 1.68 bits per heavy atom. The van der Waals surface area contributed by atoms with Gasteiger partial charge in [0, 0.05) is 6.61 Å². The summed E-state index contributed by atoms with van der Waals surface area (Å²) in [6.45, 7) is 3.48. The molecule has 0 aliphatic carbocycles. The van der Waals surface area contributed by atoms with E-state index in [0.717, 1.165) is 19.3 Å². The highest BCUT2D eigenvalue weighted by atomic mass is 35.5. The van der Waals surface area contributed by atoms with E-state index in [-0.39, 0.29) is 22.8 Å². The van der Waals surface area contributed by atoms with Crippen LogP contribution in [0.4, 0.5) is 5.69 Å². The molecule has 2 heterocycles. The summed E-state index contributed by atoms with van der Waals surface area (Å²) in [5, 5.41) is 15.2. The molecule has 1 aromatic heterocycles. The topological polar surface area (TPSA) is 79.4 Å². The van der Waals surface area contributed by atoms with Crippen LogP contribution in [0.15, 0.2) is 0 Å². The molecular formula is C11H16ClN3O4. The Morgan fingerprint density at radius 3 is 3.05 bits per heavy atom. The highest BCUT2D eigenvalue weighted by molar-refractivity contribution is 6.32. The quantitative estimate of drug-likeness (QED) is 0.457. The summed E-state index contributed by atoms with van der Waals surface area (Å²) in [5.74, 6) is -0.00431. The fraction of sp³-hybridized carbons (Fsp3) is 0.727. The standard InChI is InChI=1S/C11H16ClN3O4/c1-2-3-5-19-11-9(15(16)17)10(12)14(13-11)8-4-6-18-7-8/h8H,2-7H2,1H3. The predicted molar refractivity (Wildman–Crippen MR) is 68.8 cm³/mol. The molecule has 0 aromatic carbocycles. The van der Waals surface area contributed by atoms with Crippen LogP contribution >= 0.6 is 11.6 Å². The SMILES string of the molecule is CCCCOc1nn(C2CCOC2)c(Cl)c1[N+](=O)[O-]. The lowest BCUT2D eigenvalue weighted by Gasteiger charge is -2.07. The molecule has 1 atom stereocenters. The number of unbranched alkanes of at least 4 members (excludes halogenated alkanes) is 1. The minimum absolute atomic E-state index is 0.00431. The number of nitro groups is 1. The fourth-order valence-corrected chi connectivity index (χ4v) is 2.23. The molecule has 1 fully saturated rings. The number of hydrogen-bond acceptors (Lipinski definition) is 5. The average Bonchev–Trinajstić information content (AvgIpc) is 2.97. The van der Waals surface area contributed by atoms with Crippen LogP contribution in [-0.2, 0) is 4.74 Å². The van der Waals surface area contributed by atoms with E-state index in [1.807, 2.05) is 6.92 Å². The minimum Gasteiger partial charge on any atom is -0.472 e. The van der Waals surface area contributed by atoms with Gasteiger partial charge in [-0.05, 0) is 12.8 Å². The van der Waals surface area contributed by atoms with Crippen LogP contribution in [0.1, 0.15) is 32.2 Å². The molecule has 8 heteroatoms. The monoisotopic (exact) mass is 289 g/mol. The molecule has 0 radical (unpaired) electrons. The van der Waals surface area contributed by atoms with Gasteiger partial charge in [-0.3, -0.25) is 10.1 Å². The maximum atomic E-state index is 11.1. The molecule has 0 bridgehead atoms. The number of hydrogen-bond donors (Lipinski definition) is 0. The van der Waals surface area contributed by atoms with Crippen LogP contribution in [0.25, 0.3) is 0 Å². The third kappa shape index (κ3) is 2.98. The first-order valence-electron chi connectivity index (χ1n) is 6.28. The summed E-state index contributed by atoms with van der Waals surface area (Å²) < 4.78 is 12.0. The zero-order chi connectivity index (χ0) is 13.8. The molecule has 19 heavy (non-hydrogen) atoms. The number of aromatic nitrogens is 2. The third-order valence-electron chi connectivity index (χ3n) is 2.97. The zero-order valence-corrected chi connectivity index (χ0v) is 11.4. The second-order valence-electron chi connectivity index (χ2n) is 4.37. The van der Waals surface area contributed by atoms with Crippen molar-refractivity contribution in [3.05, 3.63) is 15.3 Å². The summed E-state index contributed by atoms with van der Waals surface area (Å²) in [4.78, 5) is 10.5. The van der Waals surface area contributed by atoms with E-state index in [4.69, 9.17) is 21.1 Å². The molecule has 0 saturated carbocycles. The lowest BCUT2D eigenvalue weighted by molar-refractivity contribution is -0.385. The third-order valence-corrected chi connectivity index (χ3v) is 3.32. The van der Waals surface area contributed by atoms with Gasteiger partial charge in [0.1, 0.15) is 0 Å². The molecule has 1 aliphatic heterocycles. The highest BCUT2D eigenvalue weighted by Crippen LogP contribution is 2.37. The zero-order valence-electron chi connectivity index (χ0n) is 10.7. The van der Waals surface area contributed by atoms with Gasteiger partial charge in [-0.15, -0.1) is 5.10 Å². The first-order chi connectivity index (χ1) is 9.15. The van der Waals surface area contributed by atoms with Crippen LogP contribution in [0.3, 0.4) is 0 Å². The first-order valence-corrected chi connectivity index (χ1v) is 6.65. The van der Waals surface area contributed by atoms with E-state index in [1.54, 1.807) is 0 Å². The van der Waals surface area contributed by atoms with E-state index in [9.17, 15) is 10.1 Å². The smallest absolute Gasteiger partial charge is 0.368 e. The molecule has 1 aromatic rings. The van der Waals surface area contributed by atoms with Gasteiger partial charge in [0.05, 0.1) is 24.2 Å². The molecule has 1 aliphatic rings. The van der Waals surface area contributed by atoms with Crippen molar-refractivity contribution in [2.75, 3.05) is 19.8 Å². The number of halogens is 1. The summed E-state index contributed by atoms with van der Waals surface area (Å²) in [5.41, 5.74) is -0.260. The Morgan fingerprint density at radius 2 is 2.47 bits per heavy atom.